The minimum atomic E-state index is -0.727. The van der Waals surface area contributed by atoms with Crippen LogP contribution in [-0.4, -0.2) is 14.9 Å². The van der Waals surface area contributed by atoms with Crippen LogP contribution in [0, 0.1) is 15.5 Å². The van der Waals surface area contributed by atoms with E-state index in [1.54, 1.807) is 0 Å². The molecule has 1 rings (SSSR count). The summed E-state index contributed by atoms with van der Waals surface area (Å²) >= 11 is 0. The highest BCUT2D eigenvalue weighted by Gasteiger charge is 2.07. The average molecular weight is 155 g/mol. The van der Waals surface area contributed by atoms with Gasteiger partial charge in [0, 0.05) is 6.20 Å². The number of aromatic nitrogens is 1. The van der Waals surface area contributed by atoms with Gasteiger partial charge in [-0.2, -0.15) is 4.73 Å². The molecule has 0 fully saturated rings. The van der Waals surface area contributed by atoms with Crippen molar-refractivity contribution in [2.75, 3.05) is 0 Å². The molecule has 0 aliphatic carbocycles. The van der Waals surface area contributed by atoms with Crippen molar-refractivity contribution >= 4 is 5.69 Å². The molecule has 0 atom stereocenters. The molecule has 2 N–H and O–H groups in total. The van der Waals surface area contributed by atoms with Gasteiger partial charge in [-0.25, -0.2) is 0 Å². The van der Waals surface area contributed by atoms with Gasteiger partial charge < -0.3 is 5.21 Å². The third kappa shape index (κ3) is 1.34. The molecule has 11 heavy (non-hydrogen) atoms. The van der Waals surface area contributed by atoms with Crippen molar-refractivity contribution in [3.8, 4) is 0 Å². The topological polar surface area (TPSA) is 92.2 Å². The molecular weight excluding hydrogens is 150 g/mol. The van der Waals surface area contributed by atoms with Gasteiger partial charge in [-0.05, 0) is 6.07 Å². The summed E-state index contributed by atoms with van der Waals surface area (Å²) in [5.74, 6) is 0. The summed E-state index contributed by atoms with van der Waals surface area (Å²) in [5.41, 5.74) is -0.421. The second-order valence-electron chi connectivity index (χ2n) is 1.88. The van der Waals surface area contributed by atoms with E-state index in [9.17, 15) is 10.1 Å². The fraction of sp³-hybridized carbons (Fsp3) is 0. The van der Waals surface area contributed by atoms with Crippen LogP contribution in [0.25, 0.3) is 0 Å². The van der Waals surface area contributed by atoms with Gasteiger partial charge in [0.15, 0.2) is 0 Å². The van der Waals surface area contributed by atoms with Crippen LogP contribution in [0.5, 0.6) is 0 Å². The molecule has 0 saturated carbocycles. The molecule has 0 amide bonds. The number of nitrogens with one attached hydrogen (secondary N) is 1. The molecule has 0 unspecified atom stereocenters. The van der Waals surface area contributed by atoms with E-state index in [0.717, 1.165) is 18.5 Å². The van der Waals surface area contributed by atoms with Crippen molar-refractivity contribution in [3.05, 3.63) is 33.9 Å². The first-order chi connectivity index (χ1) is 5.11. The summed E-state index contributed by atoms with van der Waals surface area (Å²) in [4.78, 5) is 9.41. The number of hydrogen-bond donors (Lipinski definition) is 2. The maximum atomic E-state index is 10.1. The average Bonchev–Trinajstić information content (AvgIpc) is 1.94. The van der Waals surface area contributed by atoms with E-state index in [0.29, 0.717) is 4.73 Å². The lowest BCUT2D eigenvalue weighted by atomic mass is 10.4. The molecule has 0 aromatic carbocycles. The number of nitro groups is 1. The molecular formula is C5H5N3O3. The highest BCUT2D eigenvalue weighted by atomic mass is 16.6. The Morgan fingerprint density at radius 1 is 1.73 bits per heavy atom. The smallest absolute Gasteiger partial charge is 0.313 e. The molecule has 0 radical (unpaired) electrons. The van der Waals surface area contributed by atoms with Crippen LogP contribution >= 0.6 is 0 Å². The molecule has 0 aliphatic rings. The van der Waals surface area contributed by atoms with Crippen molar-refractivity contribution < 1.29 is 10.1 Å². The van der Waals surface area contributed by atoms with Crippen molar-refractivity contribution in [2.45, 2.75) is 0 Å². The Labute approximate surface area is 60.9 Å². The van der Waals surface area contributed by atoms with Crippen LogP contribution in [-0.2, 0) is 0 Å². The number of hydrogen-bond acceptors (Lipinski definition) is 4. The molecule has 0 saturated heterocycles. The third-order valence-corrected chi connectivity index (χ3v) is 1.12. The van der Waals surface area contributed by atoms with E-state index in [2.05, 4.69) is 0 Å². The standard InChI is InChI=1S/C5H5N3O3/c6-4-1-2-7(9)3-5(4)8(10)11/h1-3,6,9H. The van der Waals surface area contributed by atoms with Crippen LogP contribution in [0.15, 0.2) is 18.5 Å². The first kappa shape index (κ1) is 7.26. The maximum Gasteiger partial charge on any atom is 0.313 e. The highest BCUT2D eigenvalue weighted by Crippen LogP contribution is 1.99. The molecule has 1 aromatic rings. The summed E-state index contributed by atoms with van der Waals surface area (Å²) in [6.07, 6.45) is 2.01. The second kappa shape index (κ2) is 2.41. The predicted molar refractivity (Wildman–Crippen MR) is 34.1 cm³/mol. The SMILES string of the molecule is N=c1ccn(O)cc1[N+](=O)[O-]. The predicted octanol–water partition coefficient (Wildman–Crippen LogP) is 0.113. The van der Waals surface area contributed by atoms with Gasteiger partial charge in [0.2, 0.25) is 0 Å². The van der Waals surface area contributed by atoms with Crippen LogP contribution in [0.2, 0.25) is 0 Å². The zero-order valence-corrected chi connectivity index (χ0v) is 5.39. The van der Waals surface area contributed by atoms with Crippen molar-refractivity contribution in [3.63, 3.8) is 0 Å². The maximum absolute atomic E-state index is 10.1. The Hall–Kier alpha value is -1.85. The van der Waals surface area contributed by atoms with E-state index in [1.807, 2.05) is 0 Å². The quantitative estimate of drug-likeness (QED) is 0.342. The lowest BCUT2D eigenvalue weighted by molar-refractivity contribution is -0.387. The van der Waals surface area contributed by atoms with Gasteiger partial charge in [0.25, 0.3) is 0 Å². The van der Waals surface area contributed by atoms with Crippen molar-refractivity contribution in [2.24, 2.45) is 0 Å². The molecule has 6 nitrogen and oxygen atoms in total. The Morgan fingerprint density at radius 2 is 2.36 bits per heavy atom. The molecule has 0 spiro atoms. The lowest BCUT2D eigenvalue weighted by Gasteiger charge is -1.94. The monoisotopic (exact) mass is 155 g/mol. The number of nitrogens with zero attached hydrogens (tertiary/aromatic N) is 2. The Morgan fingerprint density at radius 3 is 2.82 bits per heavy atom. The highest BCUT2D eigenvalue weighted by molar-refractivity contribution is 5.22. The third-order valence-electron chi connectivity index (χ3n) is 1.12. The van der Waals surface area contributed by atoms with Crippen molar-refractivity contribution in [1.82, 2.24) is 4.73 Å². The summed E-state index contributed by atoms with van der Waals surface area (Å²) in [7, 11) is 0. The minimum absolute atomic E-state index is 0.222. The first-order valence-corrected chi connectivity index (χ1v) is 2.72. The fourth-order valence-electron chi connectivity index (χ4n) is 0.620. The second-order valence-corrected chi connectivity index (χ2v) is 1.88. The van der Waals surface area contributed by atoms with Gasteiger partial charge in [-0.3, -0.25) is 15.5 Å². The van der Waals surface area contributed by atoms with E-state index >= 15 is 0 Å². The Bertz CT molecular complexity index is 343. The number of pyridine rings is 1. The molecule has 0 bridgehead atoms. The van der Waals surface area contributed by atoms with Gasteiger partial charge in [0.05, 0.1) is 4.92 Å². The summed E-state index contributed by atoms with van der Waals surface area (Å²) in [6, 6.07) is 1.14. The van der Waals surface area contributed by atoms with Crippen LogP contribution < -0.4 is 5.36 Å². The first-order valence-electron chi connectivity index (χ1n) is 2.72. The molecule has 58 valence electrons. The normalized spacial score (nSPS) is 9.45. The zero-order valence-electron chi connectivity index (χ0n) is 5.39. The van der Waals surface area contributed by atoms with Crippen molar-refractivity contribution in [1.29, 1.82) is 5.41 Å². The zero-order chi connectivity index (χ0) is 8.43. The largest absolute Gasteiger partial charge is 0.429 e. The Balaban J connectivity index is 3.35. The minimum Gasteiger partial charge on any atom is -0.429 e. The van der Waals surface area contributed by atoms with E-state index in [4.69, 9.17) is 10.6 Å². The van der Waals surface area contributed by atoms with Gasteiger partial charge in [-0.1, -0.05) is 0 Å². The molecule has 6 heteroatoms. The van der Waals surface area contributed by atoms with Crippen LogP contribution in [0.4, 0.5) is 5.69 Å². The molecule has 1 aromatic heterocycles. The van der Waals surface area contributed by atoms with E-state index < -0.39 is 10.6 Å². The summed E-state index contributed by atoms with van der Waals surface area (Å²) in [5, 5.41) is 25.7. The summed E-state index contributed by atoms with van der Waals surface area (Å²) in [6.45, 7) is 0. The Kier molecular flexibility index (Phi) is 1.59. The van der Waals surface area contributed by atoms with Crippen LogP contribution in [0.3, 0.4) is 0 Å². The van der Waals surface area contributed by atoms with Gasteiger partial charge in [-0.15, -0.1) is 0 Å². The summed E-state index contributed by atoms with van der Waals surface area (Å²) < 4.78 is 0.538. The molecule has 0 aliphatic heterocycles. The molecule has 1 heterocycles. The van der Waals surface area contributed by atoms with E-state index in [-0.39, 0.29) is 5.36 Å². The van der Waals surface area contributed by atoms with E-state index in [1.165, 1.54) is 0 Å². The van der Waals surface area contributed by atoms with Gasteiger partial charge >= 0.3 is 5.69 Å². The fourth-order valence-corrected chi connectivity index (χ4v) is 0.620. The number of rotatable bonds is 1. The van der Waals surface area contributed by atoms with Crippen LogP contribution in [0.1, 0.15) is 0 Å². The lowest BCUT2D eigenvalue weighted by Crippen LogP contribution is -2.09. The van der Waals surface area contributed by atoms with Gasteiger partial charge in [0.1, 0.15) is 11.6 Å².